The zero-order chi connectivity index (χ0) is 23.5. The summed E-state index contributed by atoms with van der Waals surface area (Å²) < 4.78 is 2.04. The number of nitrogens with one attached hydrogen (secondary N) is 1. The number of fused-ring (bicyclic) bond motifs is 1. The first-order valence-corrected chi connectivity index (χ1v) is 10.9. The maximum Gasteiger partial charge on any atom is 0.269 e. The molecular formula is C23H26N6O4. The zero-order valence-corrected chi connectivity index (χ0v) is 18.7. The quantitative estimate of drug-likeness (QED) is 0.456. The number of nitro groups is 1. The Morgan fingerprint density at radius 3 is 2.42 bits per heavy atom. The van der Waals surface area contributed by atoms with Crippen molar-refractivity contribution < 1.29 is 14.5 Å². The summed E-state index contributed by atoms with van der Waals surface area (Å²) in [5, 5.41) is 13.6. The lowest BCUT2D eigenvalue weighted by Crippen LogP contribution is -2.48. The van der Waals surface area contributed by atoms with Crippen molar-refractivity contribution in [1.82, 2.24) is 19.4 Å². The lowest BCUT2D eigenvalue weighted by molar-refractivity contribution is -0.384. The molecule has 1 aliphatic rings. The monoisotopic (exact) mass is 450 g/mol. The van der Waals surface area contributed by atoms with Gasteiger partial charge in [0, 0.05) is 63.0 Å². The Labute approximate surface area is 190 Å². The van der Waals surface area contributed by atoms with E-state index in [1.807, 2.05) is 41.6 Å². The van der Waals surface area contributed by atoms with Crippen molar-refractivity contribution in [3.05, 3.63) is 64.0 Å². The summed E-state index contributed by atoms with van der Waals surface area (Å²) in [6.07, 6.45) is 0.536. The van der Waals surface area contributed by atoms with Gasteiger partial charge in [-0.15, -0.1) is 0 Å². The van der Waals surface area contributed by atoms with Crippen molar-refractivity contribution in [2.45, 2.75) is 19.9 Å². The summed E-state index contributed by atoms with van der Waals surface area (Å²) >= 11 is 0. The Kier molecular flexibility index (Phi) is 6.36. The fourth-order valence-corrected chi connectivity index (χ4v) is 3.99. The van der Waals surface area contributed by atoms with Gasteiger partial charge >= 0.3 is 0 Å². The summed E-state index contributed by atoms with van der Waals surface area (Å²) in [6, 6.07) is 11.0. The van der Waals surface area contributed by atoms with Crippen molar-refractivity contribution in [3.63, 3.8) is 0 Å². The minimum absolute atomic E-state index is 0.0626. The Hall–Kier alpha value is -3.79. The van der Waals surface area contributed by atoms with Gasteiger partial charge in [0.2, 0.25) is 5.91 Å². The van der Waals surface area contributed by atoms with Crippen molar-refractivity contribution in [1.29, 1.82) is 0 Å². The number of carbonyl (C=O) groups excluding carboxylic acids is 2. The van der Waals surface area contributed by atoms with Crippen molar-refractivity contribution in [2.24, 2.45) is 7.05 Å². The van der Waals surface area contributed by atoms with E-state index < -0.39 is 4.92 Å². The number of rotatable bonds is 6. The normalized spacial score (nSPS) is 14.4. The van der Waals surface area contributed by atoms with Crippen LogP contribution in [0.3, 0.4) is 0 Å². The van der Waals surface area contributed by atoms with Crippen LogP contribution in [0, 0.1) is 10.1 Å². The third kappa shape index (κ3) is 4.85. The van der Waals surface area contributed by atoms with Crippen LogP contribution in [0.25, 0.3) is 11.0 Å². The number of nitro benzene ring substituents is 1. The molecule has 33 heavy (non-hydrogen) atoms. The average molecular weight is 450 g/mol. The van der Waals surface area contributed by atoms with E-state index in [4.69, 9.17) is 4.98 Å². The number of hydrogen-bond acceptors (Lipinski definition) is 6. The number of non-ortho nitro benzene ring substituents is 1. The number of carbonyl (C=O) groups is 2. The molecule has 2 aromatic carbocycles. The van der Waals surface area contributed by atoms with Crippen LogP contribution >= 0.6 is 0 Å². The highest BCUT2D eigenvalue weighted by atomic mass is 16.6. The van der Waals surface area contributed by atoms with Gasteiger partial charge in [-0.1, -0.05) is 6.92 Å². The molecule has 2 heterocycles. The van der Waals surface area contributed by atoms with Gasteiger partial charge in [-0.25, -0.2) is 4.98 Å². The molecule has 10 heteroatoms. The zero-order valence-electron chi connectivity index (χ0n) is 18.7. The molecule has 4 rings (SSSR count). The van der Waals surface area contributed by atoms with Gasteiger partial charge < -0.3 is 14.8 Å². The van der Waals surface area contributed by atoms with E-state index in [9.17, 15) is 19.7 Å². The molecule has 1 saturated heterocycles. The molecule has 1 aliphatic heterocycles. The van der Waals surface area contributed by atoms with Crippen molar-refractivity contribution in [2.75, 3.05) is 31.5 Å². The lowest BCUT2D eigenvalue weighted by Gasteiger charge is -2.34. The number of benzene rings is 2. The maximum atomic E-state index is 12.5. The standard InChI is InChI=1S/C23H26N6O4/c1-3-22(30)28-12-10-27(11-13-28)15-21-25-19-14-17(6-9-20(19)26(21)2)24-23(31)16-4-7-18(8-5-16)29(32)33/h4-9,14H,3,10-13,15H2,1-2H3,(H,24,31). The molecule has 0 aliphatic carbocycles. The average Bonchev–Trinajstić information content (AvgIpc) is 3.13. The van der Waals surface area contributed by atoms with Crippen LogP contribution in [-0.2, 0) is 18.4 Å². The molecule has 0 bridgehead atoms. The molecule has 0 unspecified atom stereocenters. The van der Waals surface area contributed by atoms with Gasteiger partial charge in [0.15, 0.2) is 0 Å². The highest BCUT2D eigenvalue weighted by molar-refractivity contribution is 6.05. The number of piperazine rings is 1. The smallest absolute Gasteiger partial charge is 0.269 e. The van der Waals surface area contributed by atoms with E-state index in [2.05, 4.69) is 10.2 Å². The molecule has 1 N–H and O–H groups in total. The maximum absolute atomic E-state index is 12.5. The van der Waals surface area contributed by atoms with Gasteiger partial charge in [0.05, 0.1) is 22.5 Å². The van der Waals surface area contributed by atoms with Crippen LogP contribution in [0.5, 0.6) is 0 Å². The number of amides is 2. The van der Waals surface area contributed by atoms with Gasteiger partial charge in [-0.3, -0.25) is 24.6 Å². The minimum Gasteiger partial charge on any atom is -0.340 e. The summed E-state index contributed by atoms with van der Waals surface area (Å²) in [6.45, 7) is 5.66. The SMILES string of the molecule is CCC(=O)N1CCN(Cc2nc3cc(NC(=O)c4ccc([N+](=O)[O-])cc4)ccc3n2C)CC1. The predicted molar refractivity (Wildman–Crippen MR) is 124 cm³/mol. The van der Waals surface area contributed by atoms with Gasteiger partial charge in [0.25, 0.3) is 11.6 Å². The lowest BCUT2D eigenvalue weighted by atomic mass is 10.2. The van der Waals surface area contributed by atoms with Gasteiger partial charge in [0.1, 0.15) is 5.82 Å². The fraction of sp³-hybridized carbons (Fsp3) is 0.348. The first kappa shape index (κ1) is 22.4. The molecule has 0 spiro atoms. The molecule has 1 aromatic heterocycles. The van der Waals surface area contributed by atoms with Crippen molar-refractivity contribution >= 4 is 34.2 Å². The highest BCUT2D eigenvalue weighted by Crippen LogP contribution is 2.22. The Bertz CT molecular complexity index is 1200. The van der Waals surface area contributed by atoms with Crippen LogP contribution in [0.15, 0.2) is 42.5 Å². The van der Waals surface area contributed by atoms with Crippen LogP contribution < -0.4 is 5.32 Å². The van der Waals surface area contributed by atoms with Crippen LogP contribution in [0.2, 0.25) is 0 Å². The second kappa shape index (κ2) is 9.37. The molecule has 0 saturated carbocycles. The number of imidazole rings is 1. The van der Waals surface area contributed by atoms with E-state index in [0.29, 0.717) is 24.2 Å². The topological polar surface area (TPSA) is 114 Å². The minimum atomic E-state index is -0.501. The van der Waals surface area contributed by atoms with E-state index in [-0.39, 0.29) is 17.5 Å². The number of nitrogens with zero attached hydrogens (tertiary/aromatic N) is 5. The van der Waals surface area contributed by atoms with Crippen LogP contribution in [0.1, 0.15) is 29.5 Å². The molecule has 0 radical (unpaired) electrons. The second-order valence-electron chi connectivity index (χ2n) is 8.06. The first-order chi connectivity index (χ1) is 15.9. The molecule has 0 atom stereocenters. The van der Waals surface area contributed by atoms with Crippen LogP contribution in [-0.4, -0.2) is 62.3 Å². The van der Waals surface area contributed by atoms with E-state index in [0.717, 1.165) is 43.0 Å². The Morgan fingerprint density at radius 1 is 1.09 bits per heavy atom. The van der Waals surface area contributed by atoms with E-state index >= 15 is 0 Å². The molecule has 10 nitrogen and oxygen atoms in total. The molecule has 1 fully saturated rings. The summed E-state index contributed by atoms with van der Waals surface area (Å²) in [5.74, 6) is 0.764. The first-order valence-electron chi connectivity index (χ1n) is 10.9. The predicted octanol–water partition coefficient (Wildman–Crippen LogP) is 2.79. The molecule has 2 amide bonds. The number of aryl methyl sites for hydroxylation is 1. The van der Waals surface area contributed by atoms with Crippen molar-refractivity contribution in [3.8, 4) is 0 Å². The largest absolute Gasteiger partial charge is 0.340 e. The summed E-state index contributed by atoms with van der Waals surface area (Å²) in [4.78, 5) is 43.6. The van der Waals surface area contributed by atoms with E-state index in [1.165, 1.54) is 24.3 Å². The number of aromatic nitrogens is 2. The number of hydrogen-bond donors (Lipinski definition) is 1. The second-order valence-corrected chi connectivity index (χ2v) is 8.06. The molecule has 3 aromatic rings. The molecular weight excluding hydrogens is 424 g/mol. The highest BCUT2D eigenvalue weighted by Gasteiger charge is 2.21. The van der Waals surface area contributed by atoms with Gasteiger partial charge in [-0.2, -0.15) is 0 Å². The molecule has 172 valence electrons. The van der Waals surface area contributed by atoms with E-state index in [1.54, 1.807) is 0 Å². The third-order valence-electron chi connectivity index (χ3n) is 5.96. The third-order valence-corrected chi connectivity index (χ3v) is 5.96. The fourth-order valence-electron chi connectivity index (χ4n) is 3.99. The number of anilines is 1. The Morgan fingerprint density at radius 2 is 1.79 bits per heavy atom. The Balaban J connectivity index is 1.44. The van der Waals surface area contributed by atoms with Crippen LogP contribution in [0.4, 0.5) is 11.4 Å². The summed E-state index contributed by atoms with van der Waals surface area (Å²) in [7, 11) is 1.97. The summed E-state index contributed by atoms with van der Waals surface area (Å²) in [5.41, 5.74) is 2.60. The van der Waals surface area contributed by atoms with Gasteiger partial charge in [-0.05, 0) is 30.3 Å².